The molecule has 1 aliphatic rings. The summed E-state index contributed by atoms with van der Waals surface area (Å²) in [6.45, 7) is 2.11. The average Bonchev–Trinajstić information content (AvgIpc) is 2.99. The molecule has 23 heavy (non-hydrogen) atoms. The van der Waals surface area contributed by atoms with Gasteiger partial charge in [-0.25, -0.2) is 8.78 Å². The van der Waals surface area contributed by atoms with Crippen molar-refractivity contribution >= 4 is 28.9 Å². The molecule has 8 heteroatoms. The highest BCUT2D eigenvalue weighted by Crippen LogP contribution is 2.30. The number of hydrogen-bond acceptors (Lipinski definition) is 4. The summed E-state index contributed by atoms with van der Waals surface area (Å²) in [5.41, 5.74) is 12.0. The summed E-state index contributed by atoms with van der Waals surface area (Å²) < 4.78 is 26.9. The van der Waals surface area contributed by atoms with E-state index in [0.717, 1.165) is 34.6 Å². The van der Waals surface area contributed by atoms with Gasteiger partial charge in [-0.15, -0.1) is 5.53 Å². The second kappa shape index (κ2) is 6.02. The summed E-state index contributed by atoms with van der Waals surface area (Å²) in [7, 11) is 0. The van der Waals surface area contributed by atoms with Crippen LogP contribution in [0, 0.1) is 18.6 Å². The first kappa shape index (κ1) is 15.5. The third kappa shape index (κ3) is 2.93. The Labute approximate surface area is 136 Å². The predicted molar refractivity (Wildman–Crippen MR) is 84.1 cm³/mol. The number of halogens is 3. The van der Waals surface area contributed by atoms with Crippen LogP contribution in [0.1, 0.15) is 21.5 Å². The second-order valence-electron chi connectivity index (χ2n) is 5.10. The summed E-state index contributed by atoms with van der Waals surface area (Å²) in [5, 5.41) is 2.02. The Morgan fingerprint density at radius 1 is 1.22 bits per heavy atom. The van der Waals surface area contributed by atoms with Gasteiger partial charge in [0, 0.05) is 17.7 Å². The molecule has 0 bridgehead atoms. The Morgan fingerprint density at radius 3 is 2.61 bits per heavy atom. The minimum Gasteiger partial charge on any atom is -0.348 e. The molecule has 0 saturated carbocycles. The van der Waals surface area contributed by atoms with Crippen LogP contribution in [0.4, 0.5) is 20.2 Å². The lowest BCUT2D eigenvalue weighted by Crippen LogP contribution is -2.24. The highest BCUT2D eigenvalue weighted by molar-refractivity contribution is 6.31. The van der Waals surface area contributed by atoms with Crippen molar-refractivity contribution in [1.82, 2.24) is 10.9 Å². The van der Waals surface area contributed by atoms with Crippen LogP contribution < -0.4 is 21.7 Å². The maximum absolute atomic E-state index is 13.4. The Balaban J connectivity index is 1.79. The minimum atomic E-state index is -0.969. The lowest BCUT2D eigenvalue weighted by atomic mass is 10.0. The number of anilines is 2. The molecular formula is C15H13ClF2N4O. The van der Waals surface area contributed by atoms with Gasteiger partial charge in [0.05, 0.1) is 11.4 Å². The molecule has 0 atom stereocenters. The van der Waals surface area contributed by atoms with Crippen molar-refractivity contribution in [3.05, 3.63) is 57.6 Å². The SMILES string of the molecule is Cc1ccc2c(c1CNC(=O)c1cc(F)c(Cl)c(F)c1)NNN2. The van der Waals surface area contributed by atoms with Crippen molar-refractivity contribution in [2.75, 3.05) is 10.9 Å². The molecule has 0 aliphatic carbocycles. The highest BCUT2D eigenvalue weighted by Gasteiger charge is 2.18. The van der Waals surface area contributed by atoms with Gasteiger partial charge in [-0.1, -0.05) is 17.7 Å². The molecule has 1 heterocycles. The second-order valence-corrected chi connectivity index (χ2v) is 5.47. The normalized spacial score (nSPS) is 12.3. The molecular weight excluding hydrogens is 326 g/mol. The predicted octanol–water partition coefficient (Wildman–Crippen LogP) is 3.11. The Hall–Kier alpha value is -2.38. The zero-order valence-electron chi connectivity index (χ0n) is 12.1. The van der Waals surface area contributed by atoms with Crippen LogP contribution in [-0.4, -0.2) is 5.91 Å². The van der Waals surface area contributed by atoms with Gasteiger partial charge in [-0.3, -0.25) is 4.79 Å². The molecule has 5 nitrogen and oxygen atoms in total. The van der Waals surface area contributed by atoms with E-state index >= 15 is 0 Å². The van der Waals surface area contributed by atoms with E-state index in [2.05, 4.69) is 21.7 Å². The molecule has 0 fully saturated rings. The van der Waals surface area contributed by atoms with Crippen LogP contribution in [0.25, 0.3) is 0 Å². The monoisotopic (exact) mass is 338 g/mol. The summed E-state index contributed by atoms with van der Waals surface area (Å²) >= 11 is 5.41. The number of amides is 1. The van der Waals surface area contributed by atoms with E-state index in [4.69, 9.17) is 11.6 Å². The van der Waals surface area contributed by atoms with Gasteiger partial charge in [0.15, 0.2) is 0 Å². The van der Waals surface area contributed by atoms with E-state index < -0.39 is 22.6 Å². The molecule has 0 aromatic heterocycles. The first-order valence-corrected chi connectivity index (χ1v) is 7.17. The van der Waals surface area contributed by atoms with Gasteiger partial charge < -0.3 is 16.2 Å². The van der Waals surface area contributed by atoms with Crippen molar-refractivity contribution in [3.8, 4) is 0 Å². The molecule has 3 rings (SSSR count). The van der Waals surface area contributed by atoms with Crippen LogP contribution in [0.5, 0.6) is 0 Å². The Morgan fingerprint density at radius 2 is 1.91 bits per heavy atom. The minimum absolute atomic E-state index is 0.126. The first-order chi connectivity index (χ1) is 11.0. The van der Waals surface area contributed by atoms with Crippen molar-refractivity contribution in [2.24, 2.45) is 0 Å². The average molecular weight is 339 g/mol. The largest absolute Gasteiger partial charge is 0.348 e. The molecule has 4 N–H and O–H groups in total. The van der Waals surface area contributed by atoms with Crippen LogP contribution in [0.3, 0.4) is 0 Å². The third-order valence-electron chi connectivity index (χ3n) is 3.60. The van der Waals surface area contributed by atoms with Crippen molar-refractivity contribution in [3.63, 3.8) is 0 Å². The zero-order valence-corrected chi connectivity index (χ0v) is 12.8. The van der Waals surface area contributed by atoms with Gasteiger partial charge in [0.1, 0.15) is 16.7 Å². The standard InChI is InChI=1S/C15H13ClF2N4O/c1-7-2-3-12-14(21-22-20-12)9(7)6-19-15(23)8-4-10(17)13(16)11(18)5-8/h2-5,20-22H,6H2,1H3,(H,19,23). The molecule has 0 radical (unpaired) electrons. The smallest absolute Gasteiger partial charge is 0.251 e. The molecule has 0 saturated heterocycles. The van der Waals surface area contributed by atoms with Crippen molar-refractivity contribution in [1.29, 1.82) is 0 Å². The Bertz CT molecular complexity index is 774. The number of benzene rings is 2. The third-order valence-corrected chi connectivity index (χ3v) is 3.96. The van der Waals surface area contributed by atoms with Crippen LogP contribution >= 0.6 is 11.6 Å². The summed E-state index contributed by atoms with van der Waals surface area (Å²) in [6, 6.07) is 5.62. The fraction of sp³-hybridized carbons (Fsp3) is 0.133. The molecule has 120 valence electrons. The number of carbonyl (C=O) groups excluding carboxylic acids is 1. The molecule has 1 amide bonds. The van der Waals surface area contributed by atoms with Gasteiger partial charge in [-0.2, -0.15) is 0 Å². The van der Waals surface area contributed by atoms with Crippen LogP contribution in [0.2, 0.25) is 5.02 Å². The lowest BCUT2D eigenvalue weighted by molar-refractivity contribution is 0.0950. The number of nitrogens with one attached hydrogen (secondary N) is 4. The molecule has 2 aromatic rings. The maximum atomic E-state index is 13.4. The molecule has 2 aromatic carbocycles. The highest BCUT2D eigenvalue weighted by atomic mass is 35.5. The van der Waals surface area contributed by atoms with Gasteiger partial charge in [0.25, 0.3) is 5.91 Å². The fourth-order valence-corrected chi connectivity index (χ4v) is 2.45. The summed E-state index contributed by atoms with van der Waals surface area (Å²) in [5.74, 6) is -2.53. The van der Waals surface area contributed by atoms with Crippen molar-refractivity contribution < 1.29 is 13.6 Å². The van der Waals surface area contributed by atoms with E-state index in [0.29, 0.717) is 0 Å². The quantitative estimate of drug-likeness (QED) is 0.649. The maximum Gasteiger partial charge on any atom is 0.251 e. The number of rotatable bonds is 3. The van der Waals surface area contributed by atoms with E-state index in [-0.39, 0.29) is 12.1 Å². The van der Waals surface area contributed by atoms with E-state index in [9.17, 15) is 13.6 Å². The van der Waals surface area contributed by atoms with E-state index in [1.807, 2.05) is 19.1 Å². The van der Waals surface area contributed by atoms with Gasteiger partial charge in [0.2, 0.25) is 0 Å². The van der Waals surface area contributed by atoms with Gasteiger partial charge >= 0.3 is 0 Å². The van der Waals surface area contributed by atoms with E-state index in [1.54, 1.807) is 0 Å². The van der Waals surface area contributed by atoms with Crippen LogP contribution in [-0.2, 0) is 6.54 Å². The molecule has 1 aliphatic heterocycles. The Kier molecular flexibility index (Phi) is 4.06. The number of aryl methyl sites for hydroxylation is 1. The van der Waals surface area contributed by atoms with Gasteiger partial charge in [-0.05, 0) is 30.7 Å². The van der Waals surface area contributed by atoms with Crippen LogP contribution in [0.15, 0.2) is 24.3 Å². The number of hydrogen-bond donors (Lipinski definition) is 4. The molecule has 0 spiro atoms. The van der Waals surface area contributed by atoms with Crippen molar-refractivity contribution in [2.45, 2.75) is 13.5 Å². The van der Waals surface area contributed by atoms with E-state index in [1.165, 1.54) is 0 Å². The number of carbonyl (C=O) groups is 1. The molecule has 0 unspecified atom stereocenters. The topological polar surface area (TPSA) is 65.2 Å². The zero-order chi connectivity index (χ0) is 16.6. The summed E-state index contributed by atoms with van der Waals surface area (Å²) in [4.78, 5) is 12.1. The fourth-order valence-electron chi connectivity index (χ4n) is 2.35. The summed E-state index contributed by atoms with van der Waals surface area (Å²) in [6.07, 6.45) is 0. The number of hydrazine groups is 2. The lowest BCUT2D eigenvalue weighted by Gasteiger charge is -2.12. The number of fused-ring (bicyclic) bond motifs is 1. The first-order valence-electron chi connectivity index (χ1n) is 6.79.